The van der Waals surface area contributed by atoms with Crippen molar-refractivity contribution in [1.29, 1.82) is 0 Å². The Morgan fingerprint density at radius 2 is 2.06 bits per heavy atom. The van der Waals surface area contributed by atoms with Gasteiger partial charge in [-0.3, -0.25) is 0 Å². The van der Waals surface area contributed by atoms with E-state index in [4.69, 9.17) is 17.3 Å². The second-order valence-electron chi connectivity index (χ2n) is 5.21. The number of piperidine rings is 1. The predicted octanol–water partition coefficient (Wildman–Crippen LogP) is 3.82. The number of rotatable bonds is 4. The van der Waals surface area contributed by atoms with Gasteiger partial charge in [-0.25, -0.2) is 0 Å². The predicted molar refractivity (Wildman–Crippen MR) is 79.2 cm³/mol. The first kappa shape index (κ1) is 13.7. The molecule has 0 aromatic heterocycles. The number of anilines is 1. The largest absolute Gasteiger partial charge is 0.370 e. The lowest BCUT2D eigenvalue weighted by Crippen LogP contribution is -2.33. The molecule has 0 atom stereocenters. The fourth-order valence-electron chi connectivity index (χ4n) is 2.80. The molecule has 0 bridgehead atoms. The Morgan fingerprint density at radius 3 is 2.61 bits per heavy atom. The molecular formula is C15H23ClN2. The molecule has 0 saturated carbocycles. The Bertz CT molecular complexity index is 384. The van der Waals surface area contributed by atoms with Crippen molar-refractivity contribution in [2.45, 2.75) is 39.2 Å². The molecule has 2 N–H and O–H groups in total. The van der Waals surface area contributed by atoms with Crippen LogP contribution in [0.15, 0.2) is 18.2 Å². The van der Waals surface area contributed by atoms with Gasteiger partial charge < -0.3 is 10.6 Å². The van der Waals surface area contributed by atoms with Gasteiger partial charge in [0.1, 0.15) is 0 Å². The maximum Gasteiger partial charge on any atom is 0.0642 e. The lowest BCUT2D eigenvalue weighted by molar-refractivity contribution is 0.378. The van der Waals surface area contributed by atoms with Crippen LogP contribution < -0.4 is 10.6 Å². The van der Waals surface area contributed by atoms with E-state index in [0.29, 0.717) is 6.54 Å². The molecule has 1 aliphatic heterocycles. The highest BCUT2D eigenvalue weighted by atomic mass is 35.5. The van der Waals surface area contributed by atoms with Crippen molar-refractivity contribution in [3.05, 3.63) is 28.8 Å². The van der Waals surface area contributed by atoms with Crippen LogP contribution in [0.5, 0.6) is 0 Å². The molecule has 0 radical (unpaired) electrons. The van der Waals surface area contributed by atoms with E-state index in [1.165, 1.54) is 31.4 Å². The number of hydrogen-bond acceptors (Lipinski definition) is 2. The first-order valence-corrected chi connectivity index (χ1v) is 7.35. The highest BCUT2D eigenvalue weighted by Gasteiger charge is 2.20. The minimum Gasteiger partial charge on any atom is -0.370 e. The van der Waals surface area contributed by atoms with Crippen molar-refractivity contribution in [2.75, 3.05) is 18.0 Å². The van der Waals surface area contributed by atoms with Crippen LogP contribution in [0.3, 0.4) is 0 Å². The normalized spacial score (nSPS) is 17.2. The second-order valence-corrected chi connectivity index (χ2v) is 5.62. The summed E-state index contributed by atoms with van der Waals surface area (Å²) in [5.41, 5.74) is 7.90. The Balaban J connectivity index is 2.01. The molecular weight excluding hydrogens is 244 g/mol. The minimum atomic E-state index is 0.554. The van der Waals surface area contributed by atoms with Crippen LogP contribution in [0.4, 0.5) is 5.69 Å². The Kier molecular flexibility index (Phi) is 4.90. The maximum atomic E-state index is 6.34. The number of nitrogens with two attached hydrogens (primary N) is 1. The van der Waals surface area contributed by atoms with Crippen LogP contribution in [0.1, 0.15) is 38.2 Å². The van der Waals surface area contributed by atoms with E-state index >= 15 is 0 Å². The van der Waals surface area contributed by atoms with Crippen molar-refractivity contribution < 1.29 is 0 Å². The molecule has 1 saturated heterocycles. The SMILES string of the molecule is CCCC1CCN(c2ccc(CN)cc2Cl)CC1. The van der Waals surface area contributed by atoms with Gasteiger partial charge >= 0.3 is 0 Å². The van der Waals surface area contributed by atoms with Gasteiger partial charge in [0, 0.05) is 19.6 Å². The van der Waals surface area contributed by atoms with Gasteiger partial charge in [0.2, 0.25) is 0 Å². The topological polar surface area (TPSA) is 29.3 Å². The Labute approximate surface area is 115 Å². The van der Waals surface area contributed by atoms with Crippen molar-refractivity contribution in [1.82, 2.24) is 0 Å². The third-order valence-corrected chi connectivity index (χ3v) is 4.20. The Morgan fingerprint density at radius 1 is 1.33 bits per heavy atom. The van der Waals surface area contributed by atoms with E-state index in [2.05, 4.69) is 24.0 Å². The summed E-state index contributed by atoms with van der Waals surface area (Å²) in [6, 6.07) is 6.19. The van der Waals surface area contributed by atoms with Crippen molar-refractivity contribution in [3.8, 4) is 0 Å². The molecule has 0 spiro atoms. The van der Waals surface area contributed by atoms with E-state index in [9.17, 15) is 0 Å². The van der Waals surface area contributed by atoms with Crippen LogP contribution in [-0.2, 0) is 6.54 Å². The summed E-state index contributed by atoms with van der Waals surface area (Å²) >= 11 is 6.34. The van der Waals surface area contributed by atoms with Crippen LogP contribution >= 0.6 is 11.6 Å². The van der Waals surface area contributed by atoms with E-state index < -0.39 is 0 Å². The molecule has 1 aliphatic rings. The van der Waals surface area contributed by atoms with Gasteiger partial charge in [0.25, 0.3) is 0 Å². The third kappa shape index (κ3) is 3.18. The van der Waals surface area contributed by atoms with Gasteiger partial charge in [-0.15, -0.1) is 0 Å². The maximum absolute atomic E-state index is 6.34. The molecule has 100 valence electrons. The van der Waals surface area contributed by atoms with E-state index in [0.717, 1.165) is 29.6 Å². The van der Waals surface area contributed by atoms with Crippen LogP contribution in [0.2, 0.25) is 5.02 Å². The summed E-state index contributed by atoms with van der Waals surface area (Å²) in [6.45, 7) is 5.09. The fourth-order valence-corrected chi connectivity index (χ4v) is 3.13. The van der Waals surface area contributed by atoms with E-state index in [-0.39, 0.29) is 0 Å². The molecule has 0 amide bonds. The highest BCUT2D eigenvalue weighted by molar-refractivity contribution is 6.33. The molecule has 1 heterocycles. The number of benzene rings is 1. The lowest BCUT2D eigenvalue weighted by atomic mass is 9.92. The van der Waals surface area contributed by atoms with Crippen molar-refractivity contribution >= 4 is 17.3 Å². The van der Waals surface area contributed by atoms with Crippen LogP contribution in [-0.4, -0.2) is 13.1 Å². The summed E-state index contributed by atoms with van der Waals surface area (Å²) in [5.74, 6) is 0.911. The van der Waals surface area contributed by atoms with Gasteiger partial charge in [0.15, 0.2) is 0 Å². The summed E-state index contributed by atoms with van der Waals surface area (Å²) in [7, 11) is 0. The molecule has 0 unspecified atom stereocenters. The second kappa shape index (κ2) is 6.44. The summed E-state index contributed by atoms with van der Waals surface area (Å²) < 4.78 is 0. The Hall–Kier alpha value is -0.730. The first-order valence-electron chi connectivity index (χ1n) is 6.98. The standard InChI is InChI=1S/C15H23ClN2/c1-2-3-12-6-8-18(9-7-12)15-5-4-13(11-17)10-14(15)16/h4-5,10,12H,2-3,6-9,11,17H2,1H3. The summed E-state index contributed by atoms with van der Waals surface area (Å²) in [5, 5.41) is 0.840. The molecule has 1 fully saturated rings. The molecule has 2 nitrogen and oxygen atoms in total. The van der Waals surface area contributed by atoms with Gasteiger partial charge in [-0.05, 0) is 36.5 Å². The number of hydrogen-bond donors (Lipinski definition) is 1. The monoisotopic (exact) mass is 266 g/mol. The molecule has 0 aliphatic carbocycles. The zero-order valence-corrected chi connectivity index (χ0v) is 11.9. The van der Waals surface area contributed by atoms with Crippen LogP contribution in [0.25, 0.3) is 0 Å². The molecule has 3 heteroatoms. The summed E-state index contributed by atoms with van der Waals surface area (Å²) in [4.78, 5) is 2.41. The average Bonchev–Trinajstić information content (AvgIpc) is 2.40. The summed E-state index contributed by atoms with van der Waals surface area (Å²) in [6.07, 6.45) is 5.26. The lowest BCUT2D eigenvalue weighted by Gasteiger charge is -2.34. The molecule has 1 aromatic rings. The molecule has 2 rings (SSSR count). The van der Waals surface area contributed by atoms with Gasteiger partial charge in [-0.2, -0.15) is 0 Å². The molecule has 1 aromatic carbocycles. The average molecular weight is 267 g/mol. The fraction of sp³-hybridized carbons (Fsp3) is 0.600. The quantitative estimate of drug-likeness (QED) is 0.898. The zero-order valence-electron chi connectivity index (χ0n) is 11.2. The molecule has 18 heavy (non-hydrogen) atoms. The van der Waals surface area contributed by atoms with Gasteiger partial charge in [0.05, 0.1) is 10.7 Å². The van der Waals surface area contributed by atoms with Crippen LogP contribution in [0, 0.1) is 5.92 Å². The smallest absolute Gasteiger partial charge is 0.0642 e. The zero-order chi connectivity index (χ0) is 13.0. The van der Waals surface area contributed by atoms with Gasteiger partial charge in [-0.1, -0.05) is 37.4 Å². The van der Waals surface area contributed by atoms with Crippen molar-refractivity contribution in [3.63, 3.8) is 0 Å². The highest BCUT2D eigenvalue weighted by Crippen LogP contribution is 2.31. The van der Waals surface area contributed by atoms with E-state index in [1.54, 1.807) is 0 Å². The minimum absolute atomic E-state index is 0.554. The first-order chi connectivity index (χ1) is 8.74. The number of halogens is 1. The van der Waals surface area contributed by atoms with E-state index in [1.807, 2.05) is 6.07 Å². The third-order valence-electron chi connectivity index (χ3n) is 3.90. The van der Waals surface area contributed by atoms with Crippen molar-refractivity contribution in [2.24, 2.45) is 11.7 Å². The number of nitrogens with zero attached hydrogens (tertiary/aromatic N) is 1.